The van der Waals surface area contributed by atoms with Gasteiger partial charge in [0, 0.05) is 24.2 Å². The standard InChI is InChI=1S/C18H36N2/c1-7-15-10-8-13(2)20(15)17-12-14(18(3,4)5)9-11-16(17)19-6/h13-17,19H,7-12H2,1-6H3. The van der Waals surface area contributed by atoms with Crippen molar-refractivity contribution in [3.05, 3.63) is 0 Å². The number of hydrogen-bond donors (Lipinski definition) is 1. The Labute approximate surface area is 126 Å². The van der Waals surface area contributed by atoms with Crippen LogP contribution in [-0.4, -0.2) is 36.1 Å². The van der Waals surface area contributed by atoms with Crippen LogP contribution in [0.4, 0.5) is 0 Å². The average Bonchev–Trinajstić information content (AvgIpc) is 2.77. The second kappa shape index (κ2) is 6.36. The van der Waals surface area contributed by atoms with Crippen molar-refractivity contribution < 1.29 is 0 Å². The largest absolute Gasteiger partial charge is 0.315 e. The smallest absolute Gasteiger partial charge is 0.0257 e. The molecule has 0 aromatic rings. The molecule has 0 amide bonds. The molecule has 1 aliphatic heterocycles. The van der Waals surface area contributed by atoms with Crippen molar-refractivity contribution in [1.29, 1.82) is 0 Å². The van der Waals surface area contributed by atoms with Crippen molar-refractivity contribution in [2.24, 2.45) is 11.3 Å². The van der Waals surface area contributed by atoms with Crippen LogP contribution in [0.3, 0.4) is 0 Å². The van der Waals surface area contributed by atoms with E-state index in [1.54, 1.807) is 0 Å². The first-order valence-electron chi connectivity index (χ1n) is 8.83. The zero-order valence-electron chi connectivity index (χ0n) is 14.6. The summed E-state index contributed by atoms with van der Waals surface area (Å²) in [7, 11) is 2.16. The molecule has 5 unspecified atom stereocenters. The molecule has 2 nitrogen and oxygen atoms in total. The number of nitrogens with one attached hydrogen (secondary N) is 1. The summed E-state index contributed by atoms with van der Waals surface area (Å²) in [6, 6.07) is 3.05. The van der Waals surface area contributed by atoms with Gasteiger partial charge in [-0.2, -0.15) is 0 Å². The van der Waals surface area contributed by atoms with Gasteiger partial charge in [0.25, 0.3) is 0 Å². The molecule has 1 aliphatic carbocycles. The van der Waals surface area contributed by atoms with Crippen LogP contribution in [0.25, 0.3) is 0 Å². The summed E-state index contributed by atoms with van der Waals surface area (Å²) in [5.74, 6) is 0.877. The Kier molecular flexibility index (Phi) is 5.18. The first kappa shape index (κ1) is 16.3. The summed E-state index contributed by atoms with van der Waals surface area (Å²) >= 11 is 0. The van der Waals surface area contributed by atoms with Crippen molar-refractivity contribution in [2.45, 2.75) is 97.3 Å². The molecule has 0 bridgehead atoms. The lowest BCUT2D eigenvalue weighted by Gasteiger charge is -2.48. The highest BCUT2D eigenvalue weighted by Crippen LogP contribution is 2.42. The van der Waals surface area contributed by atoms with E-state index in [4.69, 9.17) is 0 Å². The topological polar surface area (TPSA) is 15.3 Å². The van der Waals surface area contributed by atoms with Crippen molar-refractivity contribution in [3.8, 4) is 0 Å². The SMILES string of the molecule is CCC1CCC(C)N1C1CC(C(C)(C)C)CCC1NC. The Morgan fingerprint density at radius 1 is 1.10 bits per heavy atom. The van der Waals surface area contributed by atoms with Crippen LogP contribution in [0, 0.1) is 11.3 Å². The van der Waals surface area contributed by atoms with E-state index in [1.165, 1.54) is 38.5 Å². The van der Waals surface area contributed by atoms with Crippen LogP contribution in [0.15, 0.2) is 0 Å². The molecule has 1 N–H and O–H groups in total. The van der Waals surface area contributed by atoms with Gasteiger partial charge in [0.15, 0.2) is 0 Å². The molecule has 5 atom stereocenters. The average molecular weight is 280 g/mol. The monoisotopic (exact) mass is 280 g/mol. The molecule has 0 aromatic heterocycles. The molecule has 0 aromatic carbocycles. The highest BCUT2D eigenvalue weighted by atomic mass is 15.3. The fourth-order valence-corrected chi connectivity index (χ4v) is 4.70. The number of likely N-dealkylation sites (N-methyl/N-ethyl adjacent to an activating group) is 1. The highest BCUT2D eigenvalue weighted by molar-refractivity contribution is 4.99. The summed E-state index contributed by atoms with van der Waals surface area (Å²) in [4.78, 5) is 2.89. The maximum Gasteiger partial charge on any atom is 0.0257 e. The molecule has 20 heavy (non-hydrogen) atoms. The fourth-order valence-electron chi connectivity index (χ4n) is 4.70. The number of likely N-dealkylation sites (tertiary alicyclic amines) is 1. The van der Waals surface area contributed by atoms with Crippen LogP contribution in [0.5, 0.6) is 0 Å². The number of rotatable bonds is 3. The van der Waals surface area contributed by atoms with Crippen molar-refractivity contribution in [3.63, 3.8) is 0 Å². The summed E-state index contributed by atoms with van der Waals surface area (Å²) in [6.45, 7) is 12.1. The molecule has 0 radical (unpaired) electrons. The third-order valence-electron chi connectivity index (χ3n) is 6.11. The summed E-state index contributed by atoms with van der Waals surface area (Å²) in [6.07, 6.45) is 8.25. The zero-order chi connectivity index (χ0) is 14.9. The number of hydrogen-bond acceptors (Lipinski definition) is 2. The summed E-state index contributed by atoms with van der Waals surface area (Å²) in [5, 5.41) is 3.63. The lowest BCUT2D eigenvalue weighted by Crippen LogP contribution is -2.56. The lowest BCUT2D eigenvalue weighted by molar-refractivity contribution is 0.0332. The van der Waals surface area contributed by atoms with E-state index in [2.05, 4.69) is 51.9 Å². The maximum atomic E-state index is 3.63. The van der Waals surface area contributed by atoms with Gasteiger partial charge in [0.1, 0.15) is 0 Å². The molecule has 1 saturated heterocycles. The third kappa shape index (κ3) is 3.22. The van der Waals surface area contributed by atoms with E-state index < -0.39 is 0 Å². The molecule has 1 saturated carbocycles. The Morgan fingerprint density at radius 3 is 2.35 bits per heavy atom. The van der Waals surface area contributed by atoms with Gasteiger partial charge < -0.3 is 5.32 Å². The minimum atomic E-state index is 0.460. The van der Waals surface area contributed by atoms with Crippen LogP contribution >= 0.6 is 0 Å². The van der Waals surface area contributed by atoms with Gasteiger partial charge in [-0.1, -0.05) is 27.7 Å². The van der Waals surface area contributed by atoms with Crippen molar-refractivity contribution in [1.82, 2.24) is 10.2 Å². The third-order valence-corrected chi connectivity index (χ3v) is 6.11. The Bertz CT molecular complexity index is 307. The van der Waals surface area contributed by atoms with Gasteiger partial charge in [0.05, 0.1) is 0 Å². The molecule has 118 valence electrons. The first-order chi connectivity index (χ1) is 9.38. The van der Waals surface area contributed by atoms with Gasteiger partial charge >= 0.3 is 0 Å². The van der Waals surface area contributed by atoms with E-state index in [9.17, 15) is 0 Å². The van der Waals surface area contributed by atoms with Gasteiger partial charge in [-0.05, 0) is 63.8 Å². The zero-order valence-corrected chi connectivity index (χ0v) is 14.6. The highest BCUT2D eigenvalue weighted by Gasteiger charge is 2.43. The van der Waals surface area contributed by atoms with Gasteiger partial charge in [-0.3, -0.25) is 4.90 Å². The van der Waals surface area contributed by atoms with Gasteiger partial charge in [-0.25, -0.2) is 0 Å². The van der Waals surface area contributed by atoms with E-state index >= 15 is 0 Å². The predicted octanol–water partition coefficient (Wildman–Crippen LogP) is 4.05. The molecule has 2 rings (SSSR count). The van der Waals surface area contributed by atoms with Crippen LogP contribution in [0.1, 0.15) is 73.1 Å². The molecular weight excluding hydrogens is 244 g/mol. The summed E-state index contributed by atoms with van der Waals surface area (Å²) in [5.41, 5.74) is 0.460. The van der Waals surface area contributed by atoms with Crippen LogP contribution < -0.4 is 5.32 Å². The molecule has 1 heterocycles. The Balaban J connectivity index is 2.16. The normalized spacial score (nSPS) is 40.2. The maximum absolute atomic E-state index is 3.63. The Morgan fingerprint density at radius 2 is 1.80 bits per heavy atom. The van der Waals surface area contributed by atoms with E-state index in [0.717, 1.165) is 24.0 Å². The minimum absolute atomic E-state index is 0.460. The first-order valence-corrected chi connectivity index (χ1v) is 8.83. The van der Waals surface area contributed by atoms with Gasteiger partial charge in [-0.15, -0.1) is 0 Å². The fraction of sp³-hybridized carbons (Fsp3) is 1.00. The molecule has 2 aliphatic rings. The van der Waals surface area contributed by atoms with E-state index in [-0.39, 0.29) is 0 Å². The van der Waals surface area contributed by atoms with Crippen LogP contribution in [0.2, 0.25) is 0 Å². The molecule has 2 heteroatoms. The van der Waals surface area contributed by atoms with Crippen molar-refractivity contribution >= 4 is 0 Å². The van der Waals surface area contributed by atoms with E-state index in [0.29, 0.717) is 11.5 Å². The minimum Gasteiger partial charge on any atom is -0.315 e. The second-order valence-corrected chi connectivity index (χ2v) is 8.27. The molecule has 2 fully saturated rings. The van der Waals surface area contributed by atoms with Crippen molar-refractivity contribution in [2.75, 3.05) is 7.05 Å². The Hall–Kier alpha value is -0.0800. The van der Waals surface area contributed by atoms with E-state index in [1.807, 2.05) is 0 Å². The van der Waals surface area contributed by atoms with Gasteiger partial charge in [0.2, 0.25) is 0 Å². The number of nitrogens with zero attached hydrogens (tertiary/aromatic N) is 1. The predicted molar refractivity (Wildman–Crippen MR) is 88.0 cm³/mol. The second-order valence-electron chi connectivity index (χ2n) is 8.27. The quantitative estimate of drug-likeness (QED) is 0.839. The molecular formula is C18H36N2. The summed E-state index contributed by atoms with van der Waals surface area (Å²) < 4.78 is 0. The lowest BCUT2D eigenvalue weighted by atomic mass is 9.69. The molecule has 0 spiro atoms. The van der Waals surface area contributed by atoms with Crippen LogP contribution in [-0.2, 0) is 0 Å².